The molecule has 1 aromatic heterocycles. The van der Waals surface area contributed by atoms with Crippen molar-refractivity contribution in [1.82, 2.24) is 9.29 Å². The van der Waals surface area contributed by atoms with Crippen LogP contribution < -0.4 is 5.32 Å². The van der Waals surface area contributed by atoms with Crippen LogP contribution in [0.1, 0.15) is 37.9 Å². The topological polar surface area (TPSA) is 71.5 Å². The second kappa shape index (κ2) is 9.03. The number of pyridine rings is 1. The average Bonchev–Trinajstić information content (AvgIpc) is 2.69. The molecule has 7 heteroatoms. The van der Waals surface area contributed by atoms with Crippen LogP contribution in [0.5, 0.6) is 0 Å². The zero-order valence-electron chi connectivity index (χ0n) is 16.8. The van der Waals surface area contributed by atoms with E-state index < -0.39 is 10.0 Å². The van der Waals surface area contributed by atoms with Crippen molar-refractivity contribution in [2.24, 2.45) is 5.92 Å². The first-order valence-electron chi connectivity index (χ1n) is 9.75. The van der Waals surface area contributed by atoms with Gasteiger partial charge in [-0.05, 0) is 42.5 Å². The summed E-state index contributed by atoms with van der Waals surface area (Å²) in [6.45, 7) is 8.12. The van der Waals surface area contributed by atoms with E-state index in [-0.39, 0.29) is 10.9 Å². The van der Waals surface area contributed by atoms with Crippen molar-refractivity contribution >= 4 is 15.8 Å². The lowest BCUT2D eigenvalue weighted by Gasteiger charge is -2.26. The smallest absolute Gasteiger partial charge is 0.244 e. The lowest BCUT2D eigenvalue weighted by Crippen LogP contribution is -2.40. The maximum atomic E-state index is 12.7. The van der Waals surface area contributed by atoms with Gasteiger partial charge in [0.15, 0.2) is 0 Å². The molecule has 0 unspecified atom stereocenters. The number of nitrogens with zero attached hydrogens (tertiary/aromatic N) is 2. The second-order valence-corrected chi connectivity index (χ2v) is 9.54. The van der Waals surface area contributed by atoms with Crippen molar-refractivity contribution in [2.75, 3.05) is 31.6 Å². The van der Waals surface area contributed by atoms with Crippen LogP contribution in [0.25, 0.3) is 0 Å². The minimum atomic E-state index is -3.51. The van der Waals surface area contributed by atoms with Crippen LogP contribution in [0.2, 0.25) is 0 Å². The van der Waals surface area contributed by atoms with Crippen LogP contribution in [0.4, 0.5) is 5.82 Å². The monoisotopic (exact) mass is 403 g/mol. The molecule has 152 valence electrons. The fourth-order valence-electron chi connectivity index (χ4n) is 3.27. The second-order valence-electron chi connectivity index (χ2n) is 7.60. The van der Waals surface area contributed by atoms with E-state index in [9.17, 15) is 8.42 Å². The van der Waals surface area contributed by atoms with Gasteiger partial charge in [0.1, 0.15) is 10.7 Å². The Morgan fingerprint density at radius 2 is 1.75 bits per heavy atom. The first-order chi connectivity index (χ1) is 13.4. The number of nitrogens with one attached hydrogen (secondary N) is 1. The summed E-state index contributed by atoms with van der Waals surface area (Å²) in [6, 6.07) is 12.0. The van der Waals surface area contributed by atoms with Gasteiger partial charge in [0.25, 0.3) is 0 Å². The highest BCUT2D eigenvalue weighted by Crippen LogP contribution is 2.22. The van der Waals surface area contributed by atoms with E-state index in [1.807, 2.05) is 0 Å². The molecule has 0 aliphatic carbocycles. The molecule has 1 aliphatic rings. The van der Waals surface area contributed by atoms with Gasteiger partial charge in [-0.1, -0.05) is 38.1 Å². The molecule has 0 bridgehead atoms. The minimum absolute atomic E-state index is 0.0716. The number of hydrogen-bond acceptors (Lipinski definition) is 5. The van der Waals surface area contributed by atoms with E-state index in [2.05, 4.69) is 55.3 Å². The summed E-state index contributed by atoms with van der Waals surface area (Å²) < 4.78 is 32.0. The molecule has 3 rings (SSSR count). The Balaban J connectivity index is 1.65. The molecule has 6 nitrogen and oxygen atoms in total. The third-order valence-corrected chi connectivity index (χ3v) is 6.71. The van der Waals surface area contributed by atoms with E-state index in [1.165, 1.54) is 21.6 Å². The molecule has 28 heavy (non-hydrogen) atoms. The van der Waals surface area contributed by atoms with E-state index >= 15 is 0 Å². The van der Waals surface area contributed by atoms with Gasteiger partial charge in [0, 0.05) is 25.3 Å². The Hall–Kier alpha value is -1.96. The Labute approximate surface area is 168 Å². The van der Waals surface area contributed by atoms with Crippen molar-refractivity contribution in [3.05, 3.63) is 53.7 Å². The zero-order chi connectivity index (χ0) is 20.1. The summed E-state index contributed by atoms with van der Waals surface area (Å²) in [5, 5.41) is 3.34. The van der Waals surface area contributed by atoms with E-state index in [0.717, 1.165) is 6.42 Å². The van der Waals surface area contributed by atoms with Crippen LogP contribution in [-0.4, -0.2) is 44.0 Å². The third-order valence-electron chi connectivity index (χ3n) is 4.83. The molecule has 2 aromatic rings. The molecule has 1 fully saturated rings. The molecular formula is C21H29N3O3S. The standard InChI is InChI=1S/C21H29N3O3S/c1-16(2)14-18-4-6-19(7-5-18)17(3)23-21-9-8-20(15-22-21)28(25,26)24-10-12-27-13-11-24/h4-9,15-17H,10-14H2,1-3H3,(H,22,23)/t17-/m1/s1. The Kier molecular flexibility index (Phi) is 6.69. The average molecular weight is 404 g/mol. The molecule has 1 aromatic carbocycles. The SMILES string of the molecule is CC(C)Cc1ccc([C@@H](C)Nc2ccc(S(=O)(=O)N3CCOCC3)cn2)cc1. The van der Waals surface area contributed by atoms with E-state index in [0.29, 0.717) is 38.0 Å². The fourth-order valence-corrected chi connectivity index (χ4v) is 4.63. The predicted octanol–water partition coefficient (Wildman–Crippen LogP) is 3.47. The highest BCUT2D eigenvalue weighted by molar-refractivity contribution is 7.89. The number of sulfonamides is 1. The summed E-state index contributed by atoms with van der Waals surface area (Å²) in [4.78, 5) is 4.53. The molecule has 2 heterocycles. The highest BCUT2D eigenvalue weighted by atomic mass is 32.2. The Bertz CT molecular complexity index is 859. The fraction of sp³-hybridized carbons (Fsp3) is 0.476. The molecule has 1 aliphatic heterocycles. The van der Waals surface area contributed by atoms with Gasteiger partial charge >= 0.3 is 0 Å². The van der Waals surface area contributed by atoms with Gasteiger partial charge in [0.05, 0.1) is 13.2 Å². The first-order valence-corrected chi connectivity index (χ1v) is 11.2. The van der Waals surface area contributed by atoms with Gasteiger partial charge < -0.3 is 10.1 Å². The van der Waals surface area contributed by atoms with Crippen LogP contribution in [0.15, 0.2) is 47.5 Å². The van der Waals surface area contributed by atoms with Gasteiger partial charge in [-0.15, -0.1) is 0 Å². The Morgan fingerprint density at radius 1 is 1.07 bits per heavy atom. The van der Waals surface area contributed by atoms with Crippen molar-refractivity contribution in [3.8, 4) is 0 Å². The molecule has 1 saturated heterocycles. The van der Waals surface area contributed by atoms with Gasteiger partial charge in [0.2, 0.25) is 10.0 Å². The number of morpholine rings is 1. The largest absolute Gasteiger partial charge is 0.379 e. The predicted molar refractivity (Wildman–Crippen MR) is 111 cm³/mol. The number of rotatable bonds is 7. The van der Waals surface area contributed by atoms with Gasteiger partial charge in [-0.25, -0.2) is 13.4 Å². The van der Waals surface area contributed by atoms with Crippen molar-refractivity contribution in [3.63, 3.8) is 0 Å². The number of anilines is 1. The summed E-state index contributed by atoms with van der Waals surface area (Å²) in [6.07, 6.45) is 2.49. The van der Waals surface area contributed by atoms with Crippen LogP contribution in [0.3, 0.4) is 0 Å². The molecule has 0 radical (unpaired) electrons. The summed E-state index contributed by atoms with van der Waals surface area (Å²) in [5.74, 6) is 1.29. The summed E-state index contributed by atoms with van der Waals surface area (Å²) in [5.41, 5.74) is 2.50. The molecule has 1 N–H and O–H groups in total. The summed E-state index contributed by atoms with van der Waals surface area (Å²) in [7, 11) is -3.51. The maximum absolute atomic E-state index is 12.7. The molecule has 1 atom stereocenters. The summed E-state index contributed by atoms with van der Waals surface area (Å²) >= 11 is 0. The van der Waals surface area contributed by atoms with Gasteiger partial charge in [-0.2, -0.15) is 4.31 Å². The van der Waals surface area contributed by atoms with Crippen molar-refractivity contribution < 1.29 is 13.2 Å². The van der Waals surface area contributed by atoms with E-state index in [1.54, 1.807) is 12.1 Å². The van der Waals surface area contributed by atoms with Crippen LogP contribution in [-0.2, 0) is 21.2 Å². The lowest BCUT2D eigenvalue weighted by molar-refractivity contribution is 0.0730. The van der Waals surface area contributed by atoms with Gasteiger partial charge in [-0.3, -0.25) is 0 Å². The highest BCUT2D eigenvalue weighted by Gasteiger charge is 2.26. The molecule has 0 spiro atoms. The molecular weight excluding hydrogens is 374 g/mol. The Morgan fingerprint density at radius 3 is 2.32 bits per heavy atom. The van der Waals surface area contributed by atoms with Crippen LogP contribution in [0, 0.1) is 5.92 Å². The van der Waals surface area contributed by atoms with E-state index in [4.69, 9.17) is 4.74 Å². The quantitative estimate of drug-likeness (QED) is 0.766. The molecule has 0 amide bonds. The third kappa shape index (κ3) is 5.10. The first kappa shape index (κ1) is 20.8. The number of benzene rings is 1. The molecule has 0 saturated carbocycles. The normalized spacial score (nSPS) is 16.9. The number of ether oxygens (including phenoxy) is 1. The van der Waals surface area contributed by atoms with Crippen molar-refractivity contribution in [2.45, 2.75) is 38.1 Å². The zero-order valence-corrected chi connectivity index (χ0v) is 17.6. The number of aromatic nitrogens is 1. The maximum Gasteiger partial charge on any atom is 0.244 e. The lowest BCUT2D eigenvalue weighted by atomic mass is 10.00. The minimum Gasteiger partial charge on any atom is -0.379 e. The van der Waals surface area contributed by atoms with Crippen molar-refractivity contribution in [1.29, 1.82) is 0 Å². The van der Waals surface area contributed by atoms with Crippen LogP contribution >= 0.6 is 0 Å². The number of hydrogen-bond donors (Lipinski definition) is 1.